The monoisotopic (exact) mass is 384 g/mol. The van der Waals surface area contributed by atoms with E-state index in [0.717, 1.165) is 17.7 Å². The molecule has 0 atom stereocenters. The summed E-state index contributed by atoms with van der Waals surface area (Å²) in [5.74, 6) is 2.46. The minimum absolute atomic E-state index is 0.00608. The molecule has 2 aromatic rings. The summed E-state index contributed by atoms with van der Waals surface area (Å²) < 4.78 is 22.0. The van der Waals surface area contributed by atoms with Gasteiger partial charge in [-0.1, -0.05) is 18.6 Å². The molecule has 5 nitrogen and oxygen atoms in total. The lowest BCUT2D eigenvalue weighted by atomic mass is 10.1. The summed E-state index contributed by atoms with van der Waals surface area (Å²) in [7, 11) is 3.20. The highest BCUT2D eigenvalue weighted by Gasteiger charge is 2.14. The normalized spacial score (nSPS) is 10.3. The molecule has 0 unspecified atom stereocenters. The first-order valence-electron chi connectivity index (χ1n) is 9.25. The van der Waals surface area contributed by atoms with Gasteiger partial charge in [-0.05, 0) is 50.6 Å². The second-order valence-corrected chi connectivity index (χ2v) is 6.55. The Kier molecular flexibility index (Phi) is 8.08. The number of benzene rings is 2. The maximum Gasteiger partial charge on any atom is 0.188 e. The predicted octanol–water partition coefficient (Wildman–Crippen LogP) is 5.57. The molecule has 0 saturated carbocycles. The third kappa shape index (κ3) is 5.86. The molecule has 5 heteroatoms. The third-order valence-corrected chi connectivity index (χ3v) is 4.13. The zero-order chi connectivity index (χ0) is 20.5. The van der Waals surface area contributed by atoms with Crippen molar-refractivity contribution in [3.63, 3.8) is 0 Å². The van der Waals surface area contributed by atoms with Crippen LogP contribution >= 0.6 is 0 Å². The molecule has 0 spiro atoms. The van der Waals surface area contributed by atoms with Crippen LogP contribution in [-0.4, -0.2) is 26.8 Å². The highest BCUT2D eigenvalue weighted by atomic mass is 16.7. The fourth-order valence-corrected chi connectivity index (χ4v) is 2.64. The molecule has 0 aliphatic heterocycles. The van der Waals surface area contributed by atoms with Crippen LogP contribution in [0.5, 0.6) is 23.0 Å². The molecular weight excluding hydrogens is 356 g/mol. The lowest BCUT2D eigenvalue weighted by Crippen LogP contribution is -2.03. The topological polar surface area (TPSA) is 54.0 Å². The number of carbonyl (C=O) groups is 1. The fraction of sp³-hybridized carbons (Fsp3) is 0.348. The van der Waals surface area contributed by atoms with E-state index in [4.69, 9.17) is 18.9 Å². The van der Waals surface area contributed by atoms with Crippen molar-refractivity contribution in [1.29, 1.82) is 0 Å². The average Bonchev–Trinajstić information content (AvgIpc) is 2.70. The van der Waals surface area contributed by atoms with E-state index >= 15 is 0 Å². The van der Waals surface area contributed by atoms with Crippen molar-refractivity contribution in [3.05, 3.63) is 59.2 Å². The van der Waals surface area contributed by atoms with Gasteiger partial charge in [-0.2, -0.15) is 0 Å². The van der Waals surface area contributed by atoms with E-state index in [1.807, 2.05) is 25.1 Å². The Hall–Kier alpha value is -2.79. The van der Waals surface area contributed by atoms with Gasteiger partial charge >= 0.3 is 0 Å². The Bertz CT molecular complexity index is 835. The number of rotatable bonds is 10. The number of hydrogen-bond acceptors (Lipinski definition) is 5. The molecule has 0 amide bonds. The Balaban J connectivity index is 2.37. The molecule has 28 heavy (non-hydrogen) atoms. The first-order valence-corrected chi connectivity index (χ1v) is 9.25. The fourth-order valence-electron chi connectivity index (χ4n) is 2.64. The van der Waals surface area contributed by atoms with Crippen LogP contribution in [-0.2, 0) is 11.2 Å². The number of carbonyl (C=O) groups excluding carboxylic acids is 1. The molecule has 0 heterocycles. The van der Waals surface area contributed by atoms with Crippen LogP contribution in [0.3, 0.4) is 0 Å². The minimum Gasteiger partial charge on any atom is -0.496 e. The second-order valence-electron chi connectivity index (χ2n) is 6.55. The van der Waals surface area contributed by atoms with Gasteiger partial charge in [0, 0.05) is 25.2 Å². The van der Waals surface area contributed by atoms with E-state index in [9.17, 15) is 4.79 Å². The van der Waals surface area contributed by atoms with Crippen molar-refractivity contribution in [3.8, 4) is 23.0 Å². The van der Waals surface area contributed by atoms with Crippen LogP contribution < -0.4 is 14.2 Å². The Morgan fingerprint density at radius 1 is 1.00 bits per heavy atom. The van der Waals surface area contributed by atoms with Crippen molar-refractivity contribution < 1.29 is 23.7 Å². The predicted molar refractivity (Wildman–Crippen MR) is 110 cm³/mol. The number of hydrogen-bond donors (Lipinski definition) is 0. The van der Waals surface area contributed by atoms with E-state index in [1.165, 1.54) is 5.57 Å². The molecule has 2 rings (SSSR count). The molecule has 0 radical (unpaired) electrons. The van der Waals surface area contributed by atoms with Gasteiger partial charge in [0.25, 0.3) is 0 Å². The molecule has 0 N–H and O–H groups in total. The smallest absolute Gasteiger partial charge is 0.188 e. The van der Waals surface area contributed by atoms with Gasteiger partial charge < -0.3 is 18.9 Å². The number of allylic oxidation sites excluding steroid dienone is 2. The summed E-state index contributed by atoms with van der Waals surface area (Å²) in [5, 5.41) is 0. The van der Waals surface area contributed by atoms with Gasteiger partial charge in [0.1, 0.15) is 23.0 Å². The van der Waals surface area contributed by atoms with E-state index in [-0.39, 0.29) is 12.6 Å². The summed E-state index contributed by atoms with van der Waals surface area (Å²) >= 11 is 0. The summed E-state index contributed by atoms with van der Waals surface area (Å²) in [5.41, 5.74) is 2.76. The molecule has 0 saturated heterocycles. The molecule has 2 aromatic carbocycles. The standard InChI is InChI=1S/C23H28O5/c1-6-21(24)20-11-9-18(27-15-25-4)14-23(20)28-19-10-12-22(26-5)17(13-19)8-7-16(2)3/h7,9-14H,6,8,15H2,1-5H3. The van der Waals surface area contributed by atoms with Gasteiger partial charge in [0.05, 0.1) is 12.7 Å². The average molecular weight is 384 g/mol. The van der Waals surface area contributed by atoms with Gasteiger partial charge in [0.15, 0.2) is 12.6 Å². The lowest BCUT2D eigenvalue weighted by Gasteiger charge is -2.14. The second kappa shape index (κ2) is 10.5. The van der Waals surface area contributed by atoms with E-state index in [0.29, 0.717) is 29.2 Å². The summed E-state index contributed by atoms with van der Waals surface area (Å²) in [6.45, 7) is 6.06. The van der Waals surface area contributed by atoms with Crippen LogP contribution in [0, 0.1) is 0 Å². The number of ether oxygens (including phenoxy) is 4. The van der Waals surface area contributed by atoms with Crippen LogP contribution in [0.2, 0.25) is 0 Å². The summed E-state index contributed by atoms with van der Waals surface area (Å²) in [6, 6.07) is 10.8. The molecule has 150 valence electrons. The van der Waals surface area contributed by atoms with Gasteiger partial charge in [-0.3, -0.25) is 4.79 Å². The highest BCUT2D eigenvalue weighted by molar-refractivity contribution is 5.98. The first-order chi connectivity index (χ1) is 13.5. The maximum atomic E-state index is 12.3. The maximum absolute atomic E-state index is 12.3. The van der Waals surface area contributed by atoms with Crippen LogP contribution in [0.25, 0.3) is 0 Å². The van der Waals surface area contributed by atoms with Crippen LogP contribution in [0.4, 0.5) is 0 Å². The summed E-state index contributed by atoms with van der Waals surface area (Å²) in [6.07, 6.45) is 3.26. The largest absolute Gasteiger partial charge is 0.496 e. The van der Waals surface area contributed by atoms with Crippen LogP contribution in [0.15, 0.2) is 48.0 Å². The van der Waals surface area contributed by atoms with Crippen LogP contribution in [0.1, 0.15) is 43.1 Å². The molecular formula is C23H28O5. The van der Waals surface area contributed by atoms with E-state index < -0.39 is 0 Å². The van der Waals surface area contributed by atoms with Crippen molar-refractivity contribution in [1.82, 2.24) is 0 Å². The van der Waals surface area contributed by atoms with Crippen molar-refractivity contribution >= 4 is 5.78 Å². The zero-order valence-corrected chi connectivity index (χ0v) is 17.2. The lowest BCUT2D eigenvalue weighted by molar-refractivity contribution is 0.0510. The first kappa shape index (κ1) is 21.5. The zero-order valence-electron chi connectivity index (χ0n) is 17.2. The van der Waals surface area contributed by atoms with Gasteiger partial charge in [-0.15, -0.1) is 0 Å². The van der Waals surface area contributed by atoms with Crippen molar-refractivity contribution in [2.75, 3.05) is 21.0 Å². The van der Waals surface area contributed by atoms with Crippen molar-refractivity contribution in [2.24, 2.45) is 0 Å². The van der Waals surface area contributed by atoms with Crippen molar-refractivity contribution in [2.45, 2.75) is 33.6 Å². The number of methoxy groups -OCH3 is 2. The number of Topliss-reactive ketones (excluding diaryl/α,β-unsaturated/α-hetero) is 1. The van der Waals surface area contributed by atoms with E-state index in [1.54, 1.807) is 32.4 Å². The third-order valence-electron chi connectivity index (χ3n) is 4.13. The minimum atomic E-state index is 0.00608. The van der Waals surface area contributed by atoms with Gasteiger partial charge in [-0.25, -0.2) is 0 Å². The SMILES string of the molecule is CCC(=O)c1ccc(OCOC)cc1Oc1ccc(OC)c(CC=C(C)C)c1. The Labute approximate surface area is 166 Å². The molecule has 0 aromatic heterocycles. The molecule has 0 aliphatic rings. The number of ketones is 1. The van der Waals surface area contributed by atoms with E-state index in [2.05, 4.69) is 19.9 Å². The Morgan fingerprint density at radius 2 is 1.75 bits per heavy atom. The quantitative estimate of drug-likeness (QED) is 0.304. The highest BCUT2D eigenvalue weighted by Crippen LogP contribution is 2.33. The van der Waals surface area contributed by atoms with Gasteiger partial charge in [0.2, 0.25) is 0 Å². The summed E-state index contributed by atoms with van der Waals surface area (Å²) in [4.78, 5) is 12.3. The molecule has 0 fully saturated rings. The molecule has 0 aliphatic carbocycles. The molecule has 0 bridgehead atoms. The Morgan fingerprint density at radius 3 is 2.39 bits per heavy atom.